The lowest BCUT2D eigenvalue weighted by Gasteiger charge is -2.27. The van der Waals surface area contributed by atoms with E-state index in [9.17, 15) is 32.6 Å². The lowest BCUT2D eigenvalue weighted by atomic mass is 10.1. The number of thioether (sulfide) groups is 1. The molecule has 15 heteroatoms. The number of nitriles is 1. The van der Waals surface area contributed by atoms with Crippen LogP contribution in [0.25, 0.3) is 0 Å². The number of amides is 1. The fourth-order valence-corrected chi connectivity index (χ4v) is 11.2. The van der Waals surface area contributed by atoms with E-state index >= 15 is 0 Å². The summed E-state index contributed by atoms with van der Waals surface area (Å²) in [7, 11) is 0. The van der Waals surface area contributed by atoms with Gasteiger partial charge in [0.2, 0.25) is 6.10 Å². The van der Waals surface area contributed by atoms with Gasteiger partial charge in [-0.05, 0) is 60.3 Å². The number of halogens is 4. The first kappa shape index (κ1) is 38.8. The maximum absolute atomic E-state index is 12.7. The monoisotopic (exact) mass is 732 g/mol. The molecule has 4 rings (SSSR count). The van der Waals surface area contributed by atoms with Crippen molar-refractivity contribution < 1.29 is 41.3 Å². The van der Waals surface area contributed by atoms with Crippen molar-refractivity contribution in [2.75, 3.05) is 18.9 Å². The predicted octanol–water partition coefficient (Wildman–Crippen LogP) is 10.4. The minimum Gasteiger partial charge on any atom is -0.457 e. The fraction of sp³-hybridized carbons (Fsp3) is 0.469. The van der Waals surface area contributed by atoms with Gasteiger partial charge in [0.05, 0.1) is 12.5 Å². The Morgan fingerprint density at radius 3 is 2.43 bits per heavy atom. The molecule has 1 aliphatic carbocycles. The number of benzene rings is 2. The minimum absolute atomic E-state index is 0.118. The van der Waals surface area contributed by atoms with Crippen molar-refractivity contribution in [2.24, 2.45) is 17.3 Å². The van der Waals surface area contributed by atoms with Crippen LogP contribution in [-0.4, -0.2) is 46.2 Å². The molecule has 0 aromatic heterocycles. The van der Waals surface area contributed by atoms with E-state index in [0.29, 0.717) is 36.0 Å². The molecule has 5 atom stereocenters. The van der Waals surface area contributed by atoms with Crippen molar-refractivity contribution >= 4 is 52.7 Å². The van der Waals surface area contributed by atoms with Crippen LogP contribution in [0, 0.1) is 28.6 Å². The third kappa shape index (κ3) is 10.4. The molecule has 47 heavy (non-hydrogen) atoms. The van der Waals surface area contributed by atoms with Crippen molar-refractivity contribution in [1.29, 1.82) is 5.26 Å². The number of rotatable bonds is 12. The molecule has 2 aromatic carbocycles. The minimum atomic E-state index is -4.68. The van der Waals surface area contributed by atoms with E-state index in [1.165, 1.54) is 27.8 Å². The molecule has 2 aromatic rings. The van der Waals surface area contributed by atoms with Crippen LogP contribution in [-0.2, 0) is 18.6 Å². The van der Waals surface area contributed by atoms with Crippen molar-refractivity contribution in [3.63, 3.8) is 0 Å². The molecule has 2 aliphatic rings. The topological polar surface area (TPSA) is 106 Å². The van der Waals surface area contributed by atoms with Gasteiger partial charge in [-0.3, -0.25) is 18.8 Å². The number of nitrogens with zero attached hydrogens (tertiary/aromatic N) is 2. The largest absolute Gasteiger partial charge is 0.457 e. The Morgan fingerprint density at radius 2 is 1.87 bits per heavy atom. The number of hydrogen-bond acceptors (Lipinski definition) is 9. The number of esters is 1. The summed E-state index contributed by atoms with van der Waals surface area (Å²) in [5.41, 5.74) is -0.371. The third-order valence-corrected chi connectivity index (χ3v) is 14.1. The molecule has 0 spiro atoms. The van der Waals surface area contributed by atoms with Gasteiger partial charge in [0, 0.05) is 23.1 Å². The van der Waals surface area contributed by atoms with Crippen molar-refractivity contribution in [3.05, 3.63) is 71.3 Å². The Labute approximate surface area is 286 Å². The van der Waals surface area contributed by atoms with Crippen LogP contribution < -0.4 is 4.74 Å². The van der Waals surface area contributed by atoms with Gasteiger partial charge in [-0.15, -0.1) is 0 Å². The number of allylic oxidation sites excluding steroid dienone is 2. The summed E-state index contributed by atoms with van der Waals surface area (Å²) in [5, 5.41) is 8.35. The zero-order valence-corrected chi connectivity index (χ0v) is 29.8. The van der Waals surface area contributed by atoms with E-state index < -0.39 is 47.3 Å². The van der Waals surface area contributed by atoms with Gasteiger partial charge in [0.1, 0.15) is 22.6 Å². The average Bonchev–Trinajstić information content (AvgIpc) is 3.29. The first-order valence-corrected chi connectivity index (χ1v) is 19.2. The maximum Gasteiger partial charge on any atom is 0.426 e. The highest BCUT2D eigenvalue weighted by atomic mass is 35.5. The molecular weight excluding hydrogens is 696 g/mol. The molecule has 1 aliphatic heterocycles. The number of carbonyl (C=O) groups is 2. The first-order valence-electron chi connectivity index (χ1n) is 14.8. The third-order valence-electron chi connectivity index (χ3n) is 7.47. The Balaban J connectivity index is 0.000000316. The number of ether oxygens (including phenoxy) is 2. The van der Waals surface area contributed by atoms with Crippen LogP contribution in [0.15, 0.2) is 65.7 Å². The van der Waals surface area contributed by atoms with Crippen molar-refractivity contribution in [1.82, 2.24) is 4.67 Å². The molecule has 1 heterocycles. The SMILES string of the molecule is CC1(C)[C@H](C(=O)OC(C#N)c2cccc(Oc3ccccc3)c2)[C@@H]1/C=C(\Cl)C(F)(F)F.CCOP(=O)(SC(C)CC)N1CCSC1=O. The molecule has 256 valence electrons. The number of hydrogen-bond donors (Lipinski definition) is 0. The molecule has 3 unspecified atom stereocenters. The predicted molar refractivity (Wildman–Crippen MR) is 179 cm³/mol. The Morgan fingerprint density at radius 1 is 1.21 bits per heavy atom. The quantitative estimate of drug-likeness (QED) is 0.156. The summed E-state index contributed by atoms with van der Waals surface area (Å²) in [6.07, 6.45) is -4.16. The van der Waals surface area contributed by atoms with Crippen LogP contribution in [0.4, 0.5) is 18.0 Å². The molecule has 0 radical (unpaired) electrons. The second-order valence-corrected chi connectivity index (χ2v) is 17.4. The lowest BCUT2D eigenvalue weighted by Crippen LogP contribution is -2.20. The standard InChI is InChI=1S/C23H19ClF3NO3.C9H18NO3PS2/c1-22(2)17(12-19(24)23(25,26)27)20(22)21(29)31-18(13-28)14-7-6-10-16(11-14)30-15-8-4-3-5-9-15;1-4-8(3)16-14(12,13-5-2)10-6-7-15-9(10)11/h3-12,17-18,20H,1-2H3;8H,4-7H2,1-3H3/b19-12-;/t17-,18?,20-;/m0./s1. The van der Waals surface area contributed by atoms with Crippen molar-refractivity contribution in [3.8, 4) is 17.6 Å². The second-order valence-electron chi connectivity index (χ2n) is 11.2. The van der Waals surface area contributed by atoms with Gasteiger partial charge in [0.25, 0.3) is 5.24 Å². The number of carbonyl (C=O) groups excluding carboxylic acids is 2. The summed E-state index contributed by atoms with van der Waals surface area (Å²) in [6, 6.07) is 17.4. The lowest BCUT2D eigenvalue weighted by molar-refractivity contribution is -0.149. The summed E-state index contributed by atoms with van der Waals surface area (Å²) >= 11 is 7.83. The Kier molecular flexibility index (Phi) is 13.8. The fourth-order valence-electron chi connectivity index (χ4n) is 4.64. The summed E-state index contributed by atoms with van der Waals surface area (Å²) in [6.45, 7) is 7.03. The average molecular weight is 733 g/mol. The van der Waals surface area contributed by atoms with E-state index in [-0.39, 0.29) is 10.5 Å². The van der Waals surface area contributed by atoms with Gasteiger partial charge in [0.15, 0.2) is 0 Å². The van der Waals surface area contributed by atoms with E-state index in [4.69, 9.17) is 25.6 Å². The highest BCUT2D eigenvalue weighted by Gasteiger charge is 2.62. The van der Waals surface area contributed by atoms with Crippen LogP contribution >= 0.6 is 41.5 Å². The Hall–Kier alpha value is -2.62. The smallest absolute Gasteiger partial charge is 0.426 e. The van der Waals surface area contributed by atoms with Gasteiger partial charge in [-0.1, -0.05) is 87.5 Å². The summed E-state index contributed by atoms with van der Waals surface area (Å²) in [5.74, 6) is -0.564. The normalized spacial score (nSPS) is 21.4. The van der Waals surface area contributed by atoms with Crippen LogP contribution in [0.2, 0.25) is 0 Å². The zero-order chi connectivity index (χ0) is 35.0. The van der Waals surface area contributed by atoms with E-state index in [0.717, 1.165) is 12.5 Å². The van der Waals surface area contributed by atoms with Gasteiger partial charge in [-0.2, -0.15) is 18.4 Å². The molecular formula is C32H37ClF3N2O6PS2. The highest BCUT2D eigenvalue weighted by Crippen LogP contribution is 2.66. The summed E-state index contributed by atoms with van der Waals surface area (Å²) < 4.78 is 68.7. The molecule has 8 nitrogen and oxygen atoms in total. The molecule has 2 fully saturated rings. The van der Waals surface area contributed by atoms with Crippen LogP contribution in [0.5, 0.6) is 11.5 Å². The van der Waals surface area contributed by atoms with E-state index in [1.807, 2.05) is 38.1 Å². The molecule has 1 amide bonds. The van der Waals surface area contributed by atoms with Gasteiger partial charge < -0.3 is 14.0 Å². The first-order chi connectivity index (χ1) is 22.1. The van der Waals surface area contributed by atoms with Crippen LogP contribution in [0.3, 0.4) is 0 Å². The van der Waals surface area contributed by atoms with Gasteiger partial charge >= 0.3 is 18.9 Å². The number of para-hydroxylation sites is 1. The second kappa shape index (κ2) is 16.7. The molecule has 1 saturated heterocycles. The zero-order valence-electron chi connectivity index (χ0n) is 26.5. The highest BCUT2D eigenvalue weighted by molar-refractivity contribution is 8.56. The van der Waals surface area contributed by atoms with Crippen molar-refractivity contribution in [2.45, 2.75) is 58.6 Å². The molecule has 1 saturated carbocycles. The molecule has 0 bridgehead atoms. The number of alkyl halides is 3. The maximum atomic E-state index is 12.7. The Bertz CT molecular complexity index is 1520. The summed E-state index contributed by atoms with van der Waals surface area (Å²) in [4.78, 5) is 24.2. The van der Waals surface area contributed by atoms with Crippen LogP contribution in [0.1, 0.15) is 52.7 Å². The molecule has 0 N–H and O–H groups in total. The van der Waals surface area contributed by atoms with E-state index in [2.05, 4.69) is 0 Å². The van der Waals surface area contributed by atoms with Gasteiger partial charge in [-0.25, -0.2) is 0 Å². The van der Waals surface area contributed by atoms with E-state index in [1.54, 1.807) is 57.2 Å².